The van der Waals surface area contributed by atoms with Gasteiger partial charge in [-0.15, -0.1) is 0 Å². The molecule has 130 valence electrons. The highest BCUT2D eigenvalue weighted by molar-refractivity contribution is 5.64. The molecule has 0 aromatic carbocycles. The Bertz CT molecular complexity index is 610. The highest BCUT2D eigenvalue weighted by Gasteiger charge is 2.16. The molecule has 0 amide bonds. The average molecular weight is 320 g/mol. The van der Waals surface area contributed by atoms with E-state index in [1.54, 1.807) is 13.8 Å². The average Bonchev–Trinajstić information content (AvgIpc) is 2.47. The van der Waals surface area contributed by atoms with Crippen molar-refractivity contribution in [3.05, 3.63) is 33.4 Å². The predicted molar refractivity (Wildman–Crippen MR) is 96.8 cm³/mol. The van der Waals surface area contributed by atoms with E-state index in [-0.39, 0.29) is 11.3 Å². The molecule has 0 spiro atoms. The van der Waals surface area contributed by atoms with Gasteiger partial charge in [-0.1, -0.05) is 40.2 Å². The molecule has 1 heterocycles. The number of hydrogen-bond acceptors (Lipinski definition) is 3. The van der Waals surface area contributed by atoms with Gasteiger partial charge in [-0.25, -0.2) is 4.79 Å². The second-order valence-electron chi connectivity index (χ2n) is 7.23. The lowest BCUT2D eigenvalue weighted by molar-refractivity contribution is 0.361. The van der Waals surface area contributed by atoms with E-state index in [0.29, 0.717) is 23.2 Å². The summed E-state index contributed by atoms with van der Waals surface area (Å²) < 4.78 is 5.39. The predicted octanol–water partition coefficient (Wildman–Crippen LogP) is 5.46. The van der Waals surface area contributed by atoms with Crippen LogP contribution < -0.4 is 5.63 Å². The fourth-order valence-electron chi connectivity index (χ4n) is 3.26. The number of rotatable bonds is 7. The van der Waals surface area contributed by atoms with Gasteiger partial charge in [-0.2, -0.15) is 0 Å². The molecule has 1 aromatic rings. The summed E-state index contributed by atoms with van der Waals surface area (Å²) in [6.45, 7) is 14.3. The van der Waals surface area contributed by atoms with Crippen LogP contribution in [-0.2, 0) is 0 Å². The molecule has 2 unspecified atom stereocenters. The van der Waals surface area contributed by atoms with Gasteiger partial charge in [0.2, 0.25) is 0 Å². The Hall–Kier alpha value is -1.51. The quantitative estimate of drug-likeness (QED) is 0.725. The highest BCUT2D eigenvalue weighted by Crippen LogP contribution is 2.29. The van der Waals surface area contributed by atoms with Gasteiger partial charge < -0.3 is 9.52 Å². The molecule has 3 atom stereocenters. The van der Waals surface area contributed by atoms with E-state index in [2.05, 4.69) is 33.8 Å². The fourth-order valence-corrected chi connectivity index (χ4v) is 3.26. The van der Waals surface area contributed by atoms with Crippen LogP contribution in [0, 0.1) is 31.6 Å². The summed E-state index contributed by atoms with van der Waals surface area (Å²) in [5.41, 5.74) is 1.36. The fraction of sp³-hybridized carbons (Fsp3) is 0.650. The number of hydrogen-bond donors (Lipinski definition) is 1. The molecular formula is C20H32O3. The maximum Gasteiger partial charge on any atom is 0.342 e. The van der Waals surface area contributed by atoms with Crippen LogP contribution in [0.25, 0.3) is 5.57 Å². The number of allylic oxidation sites excluding steroid dienone is 2. The van der Waals surface area contributed by atoms with E-state index >= 15 is 0 Å². The van der Waals surface area contributed by atoms with Crippen molar-refractivity contribution in [1.82, 2.24) is 0 Å². The maximum atomic E-state index is 11.8. The van der Waals surface area contributed by atoms with Crippen LogP contribution in [0.15, 0.2) is 15.3 Å². The molecular weight excluding hydrogens is 288 g/mol. The molecule has 0 saturated heterocycles. The first kappa shape index (κ1) is 19.5. The van der Waals surface area contributed by atoms with E-state index in [1.165, 1.54) is 12.8 Å². The molecule has 0 aliphatic carbocycles. The summed E-state index contributed by atoms with van der Waals surface area (Å²) in [7, 11) is 0. The minimum atomic E-state index is -0.464. The minimum Gasteiger partial charge on any atom is -0.507 e. The van der Waals surface area contributed by atoms with Crippen LogP contribution >= 0.6 is 0 Å². The summed E-state index contributed by atoms with van der Waals surface area (Å²) in [4.78, 5) is 11.8. The molecule has 0 saturated carbocycles. The molecule has 0 aliphatic heterocycles. The Morgan fingerprint density at radius 1 is 1.13 bits per heavy atom. The molecule has 0 fully saturated rings. The largest absolute Gasteiger partial charge is 0.507 e. The Labute approximate surface area is 140 Å². The molecule has 3 nitrogen and oxygen atoms in total. The van der Waals surface area contributed by atoms with E-state index < -0.39 is 5.63 Å². The van der Waals surface area contributed by atoms with E-state index in [0.717, 1.165) is 17.9 Å². The van der Waals surface area contributed by atoms with Gasteiger partial charge in [-0.05, 0) is 56.9 Å². The van der Waals surface area contributed by atoms with Gasteiger partial charge in [0.25, 0.3) is 0 Å². The lowest BCUT2D eigenvalue weighted by atomic mass is 9.87. The molecule has 1 rings (SSSR count). The number of aromatic hydroxyl groups is 1. The van der Waals surface area contributed by atoms with Gasteiger partial charge >= 0.3 is 5.63 Å². The molecule has 23 heavy (non-hydrogen) atoms. The van der Waals surface area contributed by atoms with Gasteiger partial charge in [0.15, 0.2) is 0 Å². The first-order valence-electron chi connectivity index (χ1n) is 8.69. The van der Waals surface area contributed by atoms with Crippen molar-refractivity contribution < 1.29 is 9.52 Å². The van der Waals surface area contributed by atoms with Gasteiger partial charge in [-0.3, -0.25) is 0 Å². The third-order valence-corrected chi connectivity index (χ3v) is 4.72. The zero-order valence-corrected chi connectivity index (χ0v) is 15.7. The van der Waals surface area contributed by atoms with Gasteiger partial charge in [0.1, 0.15) is 11.5 Å². The molecule has 1 N–H and O–H groups in total. The third-order valence-electron chi connectivity index (χ3n) is 4.72. The molecule has 0 radical (unpaired) electrons. The van der Waals surface area contributed by atoms with Crippen molar-refractivity contribution in [3.8, 4) is 5.75 Å². The lowest BCUT2D eigenvalue weighted by Gasteiger charge is -2.19. The van der Waals surface area contributed by atoms with Crippen molar-refractivity contribution in [2.24, 2.45) is 17.8 Å². The minimum absolute atomic E-state index is 0.0433. The Morgan fingerprint density at radius 3 is 2.30 bits per heavy atom. The van der Waals surface area contributed by atoms with Crippen molar-refractivity contribution in [1.29, 1.82) is 0 Å². The van der Waals surface area contributed by atoms with Crippen molar-refractivity contribution in [2.45, 2.75) is 67.7 Å². The third kappa shape index (κ3) is 5.26. The van der Waals surface area contributed by atoms with Crippen LogP contribution in [0.5, 0.6) is 5.75 Å². The summed E-state index contributed by atoms with van der Waals surface area (Å²) in [6.07, 6.45) is 5.73. The van der Waals surface area contributed by atoms with E-state index in [4.69, 9.17) is 4.42 Å². The van der Waals surface area contributed by atoms with Crippen molar-refractivity contribution >= 4 is 5.57 Å². The summed E-state index contributed by atoms with van der Waals surface area (Å²) in [5, 5.41) is 10.0. The maximum absolute atomic E-state index is 11.8. The van der Waals surface area contributed by atoms with Crippen LogP contribution in [0.2, 0.25) is 0 Å². The summed E-state index contributed by atoms with van der Waals surface area (Å²) in [6, 6.07) is 0. The monoisotopic (exact) mass is 320 g/mol. The summed E-state index contributed by atoms with van der Waals surface area (Å²) >= 11 is 0. The second-order valence-corrected chi connectivity index (χ2v) is 7.23. The van der Waals surface area contributed by atoms with Crippen LogP contribution in [-0.4, -0.2) is 5.11 Å². The van der Waals surface area contributed by atoms with Crippen LogP contribution in [0.1, 0.15) is 70.8 Å². The van der Waals surface area contributed by atoms with E-state index in [9.17, 15) is 9.90 Å². The Kier molecular flexibility index (Phi) is 7.11. The standard InChI is InChI=1S/C20H32O3/c1-8-12(2)9-13(3)10-14(4)11-15(5)19-16(6)18(21)17(7)20(22)23-19/h11-14,21H,8-10H2,1-7H3/b15-11+/t12?,13-,14?/m1/s1. The Balaban J connectivity index is 2.90. The van der Waals surface area contributed by atoms with Crippen LogP contribution in [0.3, 0.4) is 0 Å². The second kappa shape index (κ2) is 8.37. The van der Waals surface area contributed by atoms with Gasteiger partial charge in [0.05, 0.1) is 5.56 Å². The molecule has 1 aromatic heterocycles. The highest BCUT2D eigenvalue weighted by atomic mass is 16.4. The van der Waals surface area contributed by atoms with Crippen molar-refractivity contribution in [2.75, 3.05) is 0 Å². The van der Waals surface area contributed by atoms with Crippen molar-refractivity contribution in [3.63, 3.8) is 0 Å². The first-order chi connectivity index (χ1) is 10.7. The normalized spacial score (nSPS) is 16.2. The zero-order valence-electron chi connectivity index (χ0n) is 15.7. The molecule has 0 aliphatic rings. The zero-order chi connectivity index (χ0) is 17.7. The van der Waals surface area contributed by atoms with Crippen LogP contribution in [0.4, 0.5) is 0 Å². The topological polar surface area (TPSA) is 50.4 Å². The molecule has 0 bridgehead atoms. The SMILES string of the molecule is CCC(C)C[C@@H](C)CC(C)/C=C(\C)c1oc(=O)c(C)c(O)c1C. The summed E-state index contributed by atoms with van der Waals surface area (Å²) in [5.74, 6) is 2.38. The van der Waals surface area contributed by atoms with Gasteiger partial charge in [0, 0.05) is 5.56 Å². The lowest BCUT2D eigenvalue weighted by Crippen LogP contribution is -2.08. The smallest absolute Gasteiger partial charge is 0.342 e. The first-order valence-corrected chi connectivity index (χ1v) is 8.69. The Morgan fingerprint density at radius 2 is 1.74 bits per heavy atom. The molecule has 3 heteroatoms. The van der Waals surface area contributed by atoms with E-state index in [1.807, 2.05) is 6.92 Å².